The van der Waals surface area contributed by atoms with E-state index in [1.54, 1.807) is 31.1 Å². The summed E-state index contributed by atoms with van der Waals surface area (Å²) in [6.45, 7) is 0.0793. The highest BCUT2D eigenvalue weighted by atomic mass is 19.4. The van der Waals surface area contributed by atoms with Crippen LogP contribution in [0, 0.1) is 0 Å². The van der Waals surface area contributed by atoms with Crippen LogP contribution in [0.2, 0.25) is 0 Å². The average Bonchev–Trinajstić information content (AvgIpc) is 2.97. The number of halogens is 3. The van der Waals surface area contributed by atoms with E-state index in [2.05, 4.69) is 10.6 Å². The van der Waals surface area contributed by atoms with Crippen LogP contribution < -0.4 is 15.5 Å². The van der Waals surface area contributed by atoms with Crippen LogP contribution in [-0.2, 0) is 12.7 Å². The molecule has 0 saturated carbocycles. The minimum absolute atomic E-state index is 0.0793. The van der Waals surface area contributed by atoms with E-state index in [0.29, 0.717) is 11.4 Å². The number of hydrogen-bond donors (Lipinski definition) is 2. The number of furan rings is 1. The number of rotatable bonds is 4. The molecule has 0 aliphatic carbocycles. The molecule has 1 heterocycles. The fraction of sp³-hybridized carbons (Fsp3) is 0.267. The van der Waals surface area contributed by atoms with Crippen LogP contribution >= 0.6 is 0 Å². The van der Waals surface area contributed by atoms with E-state index in [0.717, 1.165) is 6.07 Å². The molecule has 2 amide bonds. The lowest BCUT2D eigenvalue weighted by Gasteiger charge is -2.18. The van der Waals surface area contributed by atoms with Crippen LogP contribution in [0.3, 0.4) is 0 Å². The standard InChI is InChI=1S/C15H16F3N3O2/c1-21(2)10-5-6-13(12(8-10)15(16,17)18)20-14(22)19-9-11-4-3-7-23-11/h3-8H,9H2,1-2H3,(H2,19,20,22). The third-order valence-electron chi connectivity index (χ3n) is 3.08. The number of alkyl halides is 3. The maximum atomic E-state index is 13.1. The van der Waals surface area contributed by atoms with Crippen molar-refractivity contribution in [2.24, 2.45) is 0 Å². The van der Waals surface area contributed by atoms with Crippen molar-refractivity contribution in [3.63, 3.8) is 0 Å². The van der Waals surface area contributed by atoms with Gasteiger partial charge in [0, 0.05) is 19.8 Å². The molecule has 5 nitrogen and oxygen atoms in total. The van der Waals surface area contributed by atoms with E-state index >= 15 is 0 Å². The minimum Gasteiger partial charge on any atom is -0.467 e. The van der Waals surface area contributed by atoms with Crippen molar-refractivity contribution in [1.29, 1.82) is 0 Å². The summed E-state index contributed by atoms with van der Waals surface area (Å²) in [5.41, 5.74) is -0.823. The van der Waals surface area contributed by atoms with E-state index < -0.39 is 17.8 Å². The van der Waals surface area contributed by atoms with Gasteiger partial charge >= 0.3 is 12.2 Å². The second kappa shape index (κ2) is 6.64. The Bertz CT molecular complexity index is 667. The van der Waals surface area contributed by atoms with E-state index in [1.807, 2.05) is 0 Å². The predicted octanol–water partition coefficient (Wildman–Crippen LogP) is 3.69. The third-order valence-corrected chi connectivity index (χ3v) is 3.08. The molecule has 124 valence electrons. The van der Waals surface area contributed by atoms with E-state index in [4.69, 9.17) is 4.42 Å². The number of carbonyl (C=O) groups excluding carboxylic acids is 1. The number of anilines is 2. The van der Waals surface area contributed by atoms with Crippen molar-refractivity contribution >= 4 is 17.4 Å². The van der Waals surface area contributed by atoms with Crippen LogP contribution in [0.4, 0.5) is 29.3 Å². The van der Waals surface area contributed by atoms with Gasteiger partial charge in [-0.3, -0.25) is 0 Å². The molecule has 0 fully saturated rings. The molecule has 0 radical (unpaired) electrons. The maximum absolute atomic E-state index is 13.1. The van der Waals surface area contributed by atoms with Crippen molar-refractivity contribution in [3.8, 4) is 0 Å². The van der Waals surface area contributed by atoms with Gasteiger partial charge in [0.05, 0.1) is 24.1 Å². The molecular weight excluding hydrogens is 311 g/mol. The van der Waals surface area contributed by atoms with Crippen molar-refractivity contribution < 1.29 is 22.4 Å². The van der Waals surface area contributed by atoms with Gasteiger partial charge in [0.25, 0.3) is 0 Å². The first-order valence-electron chi connectivity index (χ1n) is 6.73. The molecular formula is C15H16F3N3O2. The average molecular weight is 327 g/mol. The van der Waals surface area contributed by atoms with Crippen LogP contribution in [-0.4, -0.2) is 20.1 Å². The highest BCUT2D eigenvalue weighted by Gasteiger charge is 2.34. The summed E-state index contributed by atoms with van der Waals surface area (Å²) in [5, 5.41) is 4.64. The maximum Gasteiger partial charge on any atom is 0.418 e. The van der Waals surface area contributed by atoms with Crippen molar-refractivity contribution in [1.82, 2.24) is 5.32 Å². The van der Waals surface area contributed by atoms with Gasteiger partial charge in [0.1, 0.15) is 5.76 Å². The van der Waals surface area contributed by atoms with E-state index in [-0.39, 0.29) is 12.2 Å². The minimum atomic E-state index is -4.57. The summed E-state index contributed by atoms with van der Waals surface area (Å²) in [4.78, 5) is 13.3. The molecule has 2 aromatic rings. The Morgan fingerprint density at radius 3 is 2.57 bits per heavy atom. The van der Waals surface area contributed by atoms with Crippen LogP contribution in [0.15, 0.2) is 41.0 Å². The fourth-order valence-corrected chi connectivity index (χ4v) is 1.90. The summed E-state index contributed by atoms with van der Waals surface area (Å²) < 4.78 is 44.5. The quantitative estimate of drug-likeness (QED) is 0.900. The Morgan fingerprint density at radius 2 is 2.00 bits per heavy atom. The zero-order chi connectivity index (χ0) is 17.0. The van der Waals surface area contributed by atoms with Crippen LogP contribution in [0.5, 0.6) is 0 Å². The van der Waals surface area contributed by atoms with Gasteiger partial charge in [-0.25, -0.2) is 4.79 Å². The molecule has 2 N–H and O–H groups in total. The van der Waals surface area contributed by atoms with Crippen molar-refractivity contribution in [2.45, 2.75) is 12.7 Å². The molecule has 0 atom stereocenters. The highest BCUT2D eigenvalue weighted by molar-refractivity contribution is 5.90. The second-order valence-electron chi connectivity index (χ2n) is 5.01. The zero-order valence-electron chi connectivity index (χ0n) is 12.6. The number of nitrogens with one attached hydrogen (secondary N) is 2. The summed E-state index contributed by atoms with van der Waals surface area (Å²) in [6, 6.07) is 6.26. The second-order valence-corrected chi connectivity index (χ2v) is 5.01. The van der Waals surface area contributed by atoms with Gasteiger partial charge in [-0.1, -0.05) is 0 Å². The van der Waals surface area contributed by atoms with Crippen LogP contribution in [0.25, 0.3) is 0 Å². The zero-order valence-corrected chi connectivity index (χ0v) is 12.6. The lowest BCUT2D eigenvalue weighted by atomic mass is 10.1. The largest absolute Gasteiger partial charge is 0.467 e. The topological polar surface area (TPSA) is 57.5 Å². The Hall–Kier alpha value is -2.64. The SMILES string of the molecule is CN(C)c1ccc(NC(=O)NCc2ccco2)c(C(F)(F)F)c1. The Balaban J connectivity index is 2.13. The number of benzene rings is 1. The predicted molar refractivity (Wildman–Crippen MR) is 80.3 cm³/mol. The lowest BCUT2D eigenvalue weighted by Crippen LogP contribution is -2.29. The molecule has 0 aliphatic heterocycles. The molecule has 1 aromatic heterocycles. The summed E-state index contributed by atoms with van der Waals surface area (Å²) in [7, 11) is 3.28. The van der Waals surface area contributed by atoms with Gasteiger partial charge in [-0.15, -0.1) is 0 Å². The Labute approximate surface area is 131 Å². The summed E-state index contributed by atoms with van der Waals surface area (Å²) in [5.74, 6) is 0.499. The third kappa shape index (κ3) is 4.41. The van der Waals surface area contributed by atoms with Gasteiger partial charge in [0.15, 0.2) is 0 Å². The fourth-order valence-electron chi connectivity index (χ4n) is 1.90. The smallest absolute Gasteiger partial charge is 0.418 e. The number of urea groups is 1. The lowest BCUT2D eigenvalue weighted by molar-refractivity contribution is -0.136. The molecule has 0 unspecified atom stereocenters. The molecule has 0 saturated heterocycles. The first kappa shape index (κ1) is 16.7. The van der Waals surface area contributed by atoms with Crippen LogP contribution in [0.1, 0.15) is 11.3 Å². The van der Waals surface area contributed by atoms with Crippen molar-refractivity contribution in [2.75, 3.05) is 24.3 Å². The molecule has 8 heteroatoms. The molecule has 1 aromatic carbocycles. The summed E-state index contributed by atoms with van der Waals surface area (Å²) >= 11 is 0. The van der Waals surface area contributed by atoms with E-state index in [9.17, 15) is 18.0 Å². The van der Waals surface area contributed by atoms with Gasteiger partial charge in [-0.05, 0) is 30.3 Å². The number of amides is 2. The first-order valence-corrected chi connectivity index (χ1v) is 6.73. The first-order chi connectivity index (χ1) is 10.8. The molecule has 2 rings (SSSR count). The summed E-state index contributed by atoms with van der Waals surface area (Å²) in [6.07, 6.45) is -3.13. The Morgan fingerprint density at radius 1 is 1.26 bits per heavy atom. The van der Waals surface area contributed by atoms with Crippen molar-refractivity contribution in [3.05, 3.63) is 47.9 Å². The molecule has 0 aliphatic rings. The monoisotopic (exact) mass is 327 g/mol. The molecule has 0 bridgehead atoms. The molecule has 0 spiro atoms. The van der Waals surface area contributed by atoms with Gasteiger partial charge < -0.3 is 20.0 Å². The number of carbonyl (C=O) groups is 1. The molecule has 23 heavy (non-hydrogen) atoms. The highest BCUT2D eigenvalue weighted by Crippen LogP contribution is 2.37. The van der Waals surface area contributed by atoms with Gasteiger partial charge in [-0.2, -0.15) is 13.2 Å². The Kier molecular flexibility index (Phi) is 4.83. The normalized spacial score (nSPS) is 11.2. The van der Waals surface area contributed by atoms with Gasteiger partial charge in [0.2, 0.25) is 0 Å². The number of hydrogen-bond acceptors (Lipinski definition) is 3. The number of nitrogens with zero attached hydrogens (tertiary/aromatic N) is 1. The van der Waals surface area contributed by atoms with E-state index in [1.165, 1.54) is 18.4 Å².